The van der Waals surface area contributed by atoms with Crippen molar-refractivity contribution in [3.63, 3.8) is 0 Å². The van der Waals surface area contributed by atoms with Crippen LogP contribution in [-0.2, 0) is 16.1 Å². The highest BCUT2D eigenvalue weighted by Crippen LogP contribution is 2.14. The first-order chi connectivity index (χ1) is 12.2. The number of hydrogen-bond acceptors (Lipinski definition) is 4. The molecular formula is C19H25N3O4. The van der Waals surface area contributed by atoms with Gasteiger partial charge in [-0.25, -0.2) is 0 Å². The quantitative estimate of drug-likeness (QED) is 0.753. The third kappa shape index (κ3) is 5.16. The summed E-state index contributed by atoms with van der Waals surface area (Å²) in [6.07, 6.45) is -0.224. The molecule has 0 saturated heterocycles. The molecule has 0 radical (unpaired) electrons. The monoisotopic (exact) mass is 359 g/mol. The minimum absolute atomic E-state index is 0.108. The average molecular weight is 359 g/mol. The molecule has 2 rings (SSSR count). The SMILES string of the molecule is COCC(C)(CC(=O)O)NC(=O)c1cccc(Cn2nc(C)cc2C)c1. The molecule has 1 heterocycles. The Hall–Kier alpha value is -2.67. The maximum absolute atomic E-state index is 12.6. The third-order valence-corrected chi connectivity index (χ3v) is 4.04. The minimum atomic E-state index is -0.997. The summed E-state index contributed by atoms with van der Waals surface area (Å²) in [5.74, 6) is -1.33. The Labute approximate surface area is 153 Å². The molecule has 7 heteroatoms. The number of aryl methyl sites for hydroxylation is 2. The molecule has 2 aromatic rings. The molecule has 7 nitrogen and oxygen atoms in total. The predicted molar refractivity (Wildman–Crippen MR) is 97.2 cm³/mol. The zero-order valence-corrected chi connectivity index (χ0v) is 15.6. The molecule has 1 amide bonds. The van der Waals surface area contributed by atoms with Crippen molar-refractivity contribution in [3.8, 4) is 0 Å². The zero-order chi connectivity index (χ0) is 19.3. The van der Waals surface area contributed by atoms with E-state index in [0.717, 1.165) is 17.0 Å². The number of amides is 1. The van der Waals surface area contributed by atoms with Gasteiger partial charge in [0, 0.05) is 18.4 Å². The highest BCUT2D eigenvalue weighted by atomic mass is 16.5. The standard InChI is InChI=1S/C19H25N3O4/c1-13-8-14(2)22(21-13)11-15-6-5-7-16(9-15)18(25)20-19(3,12-26-4)10-17(23)24/h5-9H,10-12H2,1-4H3,(H,20,25)(H,23,24). The number of nitrogens with zero attached hydrogens (tertiary/aromatic N) is 2. The summed E-state index contributed by atoms with van der Waals surface area (Å²) in [5.41, 5.74) is 2.42. The molecule has 0 spiro atoms. The number of carboxylic acid groups (broad SMARTS) is 1. The van der Waals surface area contributed by atoms with Gasteiger partial charge in [0.15, 0.2) is 0 Å². The molecule has 0 aliphatic carbocycles. The van der Waals surface area contributed by atoms with Gasteiger partial charge in [0.05, 0.1) is 30.8 Å². The van der Waals surface area contributed by atoms with Gasteiger partial charge in [-0.3, -0.25) is 14.3 Å². The van der Waals surface area contributed by atoms with Crippen LogP contribution in [0, 0.1) is 13.8 Å². The van der Waals surface area contributed by atoms with E-state index in [2.05, 4.69) is 10.4 Å². The number of carbonyl (C=O) groups excluding carboxylic acids is 1. The number of aliphatic carboxylic acids is 1. The number of hydrogen-bond donors (Lipinski definition) is 2. The first-order valence-electron chi connectivity index (χ1n) is 8.36. The normalized spacial score (nSPS) is 13.2. The van der Waals surface area contributed by atoms with Crippen molar-refractivity contribution in [1.82, 2.24) is 15.1 Å². The molecule has 2 N–H and O–H groups in total. The van der Waals surface area contributed by atoms with Crippen LogP contribution in [0.5, 0.6) is 0 Å². The van der Waals surface area contributed by atoms with E-state index in [0.29, 0.717) is 12.1 Å². The van der Waals surface area contributed by atoms with E-state index in [1.54, 1.807) is 25.1 Å². The van der Waals surface area contributed by atoms with Crippen LogP contribution >= 0.6 is 0 Å². The van der Waals surface area contributed by atoms with Crippen molar-refractivity contribution < 1.29 is 19.4 Å². The van der Waals surface area contributed by atoms with Crippen LogP contribution < -0.4 is 5.32 Å². The van der Waals surface area contributed by atoms with Crippen LogP contribution in [0.4, 0.5) is 0 Å². The van der Waals surface area contributed by atoms with Crippen molar-refractivity contribution in [2.24, 2.45) is 0 Å². The lowest BCUT2D eigenvalue weighted by Gasteiger charge is -2.28. The van der Waals surface area contributed by atoms with Gasteiger partial charge in [-0.05, 0) is 44.5 Å². The smallest absolute Gasteiger partial charge is 0.305 e. The lowest BCUT2D eigenvalue weighted by Crippen LogP contribution is -2.50. The Morgan fingerprint density at radius 2 is 2.04 bits per heavy atom. The summed E-state index contributed by atoms with van der Waals surface area (Å²) in [7, 11) is 1.47. The van der Waals surface area contributed by atoms with Crippen molar-refractivity contribution in [1.29, 1.82) is 0 Å². The Kier molecular flexibility index (Phi) is 6.15. The number of rotatable bonds is 8. The van der Waals surface area contributed by atoms with E-state index in [1.807, 2.05) is 30.7 Å². The molecule has 0 aliphatic heterocycles. The summed E-state index contributed by atoms with van der Waals surface area (Å²) in [6.45, 7) is 6.25. The third-order valence-electron chi connectivity index (χ3n) is 4.04. The molecule has 0 saturated carbocycles. The van der Waals surface area contributed by atoms with Gasteiger partial charge in [0.2, 0.25) is 0 Å². The summed E-state index contributed by atoms with van der Waals surface area (Å²) >= 11 is 0. The molecule has 1 aromatic heterocycles. The molecule has 140 valence electrons. The van der Waals surface area contributed by atoms with Gasteiger partial charge in [0.25, 0.3) is 5.91 Å². The second-order valence-electron chi connectivity index (χ2n) is 6.80. The number of ether oxygens (including phenoxy) is 1. The molecule has 0 fully saturated rings. The first kappa shape index (κ1) is 19.7. The average Bonchev–Trinajstić information content (AvgIpc) is 2.84. The molecule has 1 atom stereocenters. The lowest BCUT2D eigenvalue weighted by molar-refractivity contribution is -0.139. The highest BCUT2D eigenvalue weighted by molar-refractivity contribution is 5.95. The van der Waals surface area contributed by atoms with Crippen LogP contribution in [0.2, 0.25) is 0 Å². The number of carboxylic acids is 1. The van der Waals surface area contributed by atoms with Crippen molar-refractivity contribution in [2.45, 2.75) is 39.3 Å². The molecule has 0 bridgehead atoms. The summed E-state index contributed by atoms with van der Waals surface area (Å²) < 4.78 is 6.95. The fourth-order valence-electron chi connectivity index (χ4n) is 2.95. The summed E-state index contributed by atoms with van der Waals surface area (Å²) in [5, 5.41) is 16.3. The van der Waals surface area contributed by atoms with Crippen molar-refractivity contribution in [2.75, 3.05) is 13.7 Å². The Morgan fingerprint density at radius 1 is 1.31 bits per heavy atom. The number of carbonyl (C=O) groups is 2. The number of aromatic nitrogens is 2. The van der Waals surface area contributed by atoms with E-state index >= 15 is 0 Å². The Balaban J connectivity index is 2.16. The van der Waals surface area contributed by atoms with Crippen molar-refractivity contribution in [3.05, 3.63) is 52.8 Å². The van der Waals surface area contributed by atoms with E-state index < -0.39 is 11.5 Å². The second-order valence-corrected chi connectivity index (χ2v) is 6.80. The van der Waals surface area contributed by atoms with E-state index in [4.69, 9.17) is 9.84 Å². The summed E-state index contributed by atoms with van der Waals surface area (Å²) in [6, 6.07) is 9.23. The van der Waals surface area contributed by atoms with Crippen molar-refractivity contribution >= 4 is 11.9 Å². The molecule has 1 unspecified atom stereocenters. The van der Waals surface area contributed by atoms with E-state index in [-0.39, 0.29) is 18.9 Å². The van der Waals surface area contributed by atoms with Crippen LogP contribution in [0.3, 0.4) is 0 Å². The van der Waals surface area contributed by atoms with Gasteiger partial charge in [-0.15, -0.1) is 0 Å². The first-order valence-corrected chi connectivity index (χ1v) is 8.36. The van der Waals surface area contributed by atoms with Gasteiger partial charge >= 0.3 is 5.97 Å². The van der Waals surface area contributed by atoms with Crippen LogP contribution in [0.25, 0.3) is 0 Å². The zero-order valence-electron chi connectivity index (χ0n) is 15.6. The van der Waals surface area contributed by atoms with Gasteiger partial charge in [0.1, 0.15) is 0 Å². The maximum atomic E-state index is 12.6. The summed E-state index contributed by atoms with van der Waals surface area (Å²) in [4.78, 5) is 23.7. The number of nitrogens with one attached hydrogen (secondary N) is 1. The molecule has 26 heavy (non-hydrogen) atoms. The van der Waals surface area contributed by atoms with Gasteiger partial charge in [-0.1, -0.05) is 12.1 Å². The second kappa shape index (κ2) is 8.14. The fourth-order valence-corrected chi connectivity index (χ4v) is 2.95. The molecule has 0 aliphatic rings. The van der Waals surface area contributed by atoms with Crippen LogP contribution in [0.15, 0.2) is 30.3 Å². The molecular weight excluding hydrogens is 334 g/mol. The Bertz CT molecular complexity index is 800. The largest absolute Gasteiger partial charge is 0.481 e. The van der Waals surface area contributed by atoms with E-state index in [1.165, 1.54) is 7.11 Å². The minimum Gasteiger partial charge on any atom is -0.481 e. The van der Waals surface area contributed by atoms with Gasteiger partial charge in [-0.2, -0.15) is 5.10 Å². The van der Waals surface area contributed by atoms with Crippen LogP contribution in [-0.4, -0.2) is 46.0 Å². The van der Waals surface area contributed by atoms with E-state index in [9.17, 15) is 9.59 Å². The maximum Gasteiger partial charge on any atom is 0.305 e. The fraction of sp³-hybridized carbons (Fsp3) is 0.421. The highest BCUT2D eigenvalue weighted by Gasteiger charge is 2.30. The number of benzene rings is 1. The predicted octanol–water partition coefficient (Wildman–Crippen LogP) is 2.16. The van der Waals surface area contributed by atoms with Crippen LogP contribution in [0.1, 0.15) is 40.7 Å². The topological polar surface area (TPSA) is 93.5 Å². The Morgan fingerprint density at radius 3 is 2.62 bits per heavy atom. The number of methoxy groups -OCH3 is 1. The molecule has 1 aromatic carbocycles. The van der Waals surface area contributed by atoms with Gasteiger partial charge < -0.3 is 15.2 Å². The lowest BCUT2D eigenvalue weighted by atomic mass is 9.98.